The zero-order chi connectivity index (χ0) is 13.8. The van der Waals surface area contributed by atoms with Crippen molar-refractivity contribution in [3.8, 4) is 17.1 Å². The van der Waals surface area contributed by atoms with Crippen LogP contribution >= 0.6 is 0 Å². The van der Waals surface area contributed by atoms with Gasteiger partial charge in [0, 0.05) is 23.4 Å². The minimum Gasteiger partial charge on any atom is -0.487 e. The van der Waals surface area contributed by atoms with E-state index in [2.05, 4.69) is 5.16 Å². The Labute approximate surface area is 116 Å². The Morgan fingerprint density at radius 3 is 2.65 bits per heavy atom. The zero-order valence-electron chi connectivity index (χ0n) is 10.8. The molecule has 2 aromatic carbocycles. The highest BCUT2D eigenvalue weighted by Gasteiger charge is 2.06. The van der Waals surface area contributed by atoms with Gasteiger partial charge >= 0.3 is 0 Å². The summed E-state index contributed by atoms with van der Waals surface area (Å²) in [6.07, 6.45) is 0. The Kier molecular flexibility index (Phi) is 3.37. The number of nitrogens with zero attached hydrogens (tertiary/aromatic N) is 1. The molecule has 2 N–H and O–H groups in total. The molecule has 1 aromatic heterocycles. The first-order valence-corrected chi connectivity index (χ1v) is 6.30. The second-order valence-corrected chi connectivity index (χ2v) is 4.41. The van der Waals surface area contributed by atoms with E-state index in [0.717, 1.165) is 17.0 Å². The van der Waals surface area contributed by atoms with Crippen molar-refractivity contribution in [3.05, 3.63) is 66.4 Å². The van der Waals surface area contributed by atoms with Crippen LogP contribution in [0.5, 0.6) is 5.75 Å². The number of anilines is 1. The second-order valence-electron chi connectivity index (χ2n) is 4.41. The summed E-state index contributed by atoms with van der Waals surface area (Å²) in [5.74, 6) is 1.45. The van der Waals surface area contributed by atoms with Gasteiger partial charge in [0.2, 0.25) is 0 Å². The van der Waals surface area contributed by atoms with Gasteiger partial charge in [-0.05, 0) is 12.1 Å². The summed E-state index contributed by atoms with van der Waals surface area (Å²) in [5.41, 5.74) is 8.10. The number of hydrogen-bond acceptors (Lipinski definition) is 4. The number of aromatic nitrogens is 1. The van der Waals surface area contributed by atoms with Crippen LogP contribution < -0.4 is 10.5 Å². The highest BCUT2D eigenvalue weighted by Crippen LogP contribution is 2.21. The lowest BCUT2D eigenvalue weighted by molar-refractivity contribution is 0.290. The van der Waals surface area contributed by atoms with Crippen molar-refractivity contribution < 1.29 is 9.26 Å². The number of benzene rings is 2. The molecule has 4 heteroatoms. The fourth-order valence-corrected chi connectivity index (χ4v) is 1.88. The standard InChI is InChI=1S/C16H14N2O2/c17-13-7-4-8-15(9-13)19-11-14-10-16(20-18-14)12-5-2-1-3-6-12/h1-10H,11,17H2. The van der Waals surface area contributed by atoms with E-state index in [0.29, 0.717) is 18.0 Å². The Morgan fingerprint density at radius 2 is 1.85 bits per heavy atom. The molecular formula is C16H14N2O2. The summed E-state index contributed by atoms with van der Waals surface area (Å²) in [6, 6.07) is 19.0. The molecule has 0 unspecified atom stereocenters. The van der Waals surface area contributed by atoms with E-state index < -0.39 is 0 Å². The van der Waals surface area contributed by atoms with E-state index in [1.54, 1.807) is 6.07 Å². The van der Waals surface area contributed by atoms with Crippen molar-refractivity contribution in [2.45, 2.75) is 6.61 Å². The first-order chi connectivity index (χ1) is 9.81. The van der Waals surface area contributed by atoms with Crippen LogP contribution in [0.2, 0.25) is 0 Å². The fourth-order valence-electron chi connectivity index (χ4n) is 1.88. The quantitative estimate of drug-likeness (QED) is 0.734. The second kappa shape index (κ2) is 5.48. The van der Waals surface area contributed by atoms with Gasteiger partial charge in [-0.3, -0.25) is 0 Å². The average Bonchev–Trinajstić information content (AvgIpc) is 2.95. The number of hydrogen-bond donors (Lipinski definition) is 1. The van der Waals surface area contributed by atoms with Crippen molar-refractivity contribution in [2.24, 2.45) is 0 Å². The van der Waals surface area contributed by atoms with E-state index in [4.69, 9.17) is 15.0 Å². The van der Waals surface area contributed by atoms with Gasteiger partial charge in [-0.1, -0.05) is 41.6 Å². The number of rotatable bonds is 4. The van der Waals surface area contributed by atoms with Crippen LogP contribution in [0.25, 0.3) is 11.3 Å². The predicted molar refractivity (Wildman–Crippen MR) is 77.1 cm³/mol. The summed E-state index contributed by atoms with van der Waals surface area (Å²) in [6.45, 7) is 0.347. The molecule has 0 saturated heterocycles. The molecule has 0 bridgehead atoms. The Bertz CT molecular complexity index is 692. The smallest absolute Gasteiger partial charge is 0.167 e. The van der Waals surface area contributed by atoms with Crippen LogP contribution in [-0.2, 0) is 6.61 Å². The third-order valence-electron chi connectivity index (χ3n) is 2.86. The number of ether oxygens (including phenoxy) is 1. The molecular weight excluding hydrogens is 252 g/mol. The minimum atomic E-state index is 0.347. The van der Waals surface area contributed by atoms with Crippen LogP contribution in [0.4, 0.5) is 5.69 Å². The van der Waals surface area contributed by atoms with Crippen LogP contribution in [0, 0.1) is 0 Å². The molecule has 0 spiro atoms. The van der Waals surface area contributed by atoms with Crippen LogP contribution in [0.15, 0.2) is 65.2 Å². The fraction of sp³-hybridized carbons (Fsp3) is 0.0625. The van der Waals surface area contributed by atoms with Gasteiger partial charge in [-0.15, -0.1) is 0 Å². The molecule has 3 aromatic rings. The third-order valence-corrected chi connectivity index (χ3v) is 2.86. The number of nitrogen functional groups attached to an aromatic ring is 1. The van der Waals surface area contributed by atoms with E-state index in [-0.39, 0.29) is 0 Å². The van der Waals surface area contributed by atoms with Gasteiger partial charge < -0.3 is 15.0 Å². The summed E-state index contributed by atoms with van der Waals surface area (Å²) in [5, 5.41) is 4.00. The number of nitrogens with two attached hydrogens (primary N) is 1. The Morgan fingerprint density at radius 1 is 1.00 bits per heavy atom. The molecule has 20 heavy (non-hydrogen) atoms. The maximum absolute atomic E-state index is 5.69. The molecule has 0 fully saturated rings. The van der Waals surface area contributed by atoms with E-state index in [9.17, 15) is 0 Å². The molecule has 0 aliphatic rings. The molecule has 1 heterocycles. The van der Waals surface area contributed by atoms with Gasteiger partial charge in [-0.25, -0.2) is 0 Å². The van der Waals surface area contributed by atoms with Crippen LogP contribution in [0.3, 0.4) is 0 Å². The highest BCUT2D eigenvalue weighted by molar-refractivity contribution is 5.56. The maximum atomic E-state index is 5.69. The van der Waals surface area contributed by atoms with Gasteiger partial charge in [0.15, 0.2) is 5.76 Å². The van der Waals surface area contributed by atoms with Crippen LogP contribution in [0.1, 0.15) is 5.69 Å². The Balaban J connectivity index is 1.69. The SMILES string of the molecule is Nc1cccc(OCc2cc(-c3ccccc3)on2)c1. The molecule has 4 nitrogen and oxygen atoms in total. The predicted octanol–water partition coefficient (Wildman–Crippen LogP) is 3.50. The molecule has 0 saturated carbocycles. The van der Waals surface area contributed by atoms with Gasteiger partial charge in [-0.2, -0.15) is 0 Å². The maximum Gasteiger partial charge on any atom is 0.167 e. The summed E-state index contributed by atoms with van der Waals surface area (Å²) < 4.78 is 10.9. The van der Waals surface area contributed by atoms with E-state index in [1.807, 2.05) is 54.6 Å². The topological polar surface area (TPSA) is 61.3 Å². The van der Waals surface area contributed by atoms with Crippen molar-refractivity contribution in [1.29, 1.82) is 0 Å². The Hall–Kier alpha value is -2.75. The van der Waals surface area contributed by atoms with Gasteiger partial charge in [0.1, 0.15) is 18.1 Å². The first-order valence-electron chi connectivity index (χ1n) is 6.30. The summed E-state index contributed by atoms with van der Waals surface area (Å²) in [7, 11) is 0. The lowest BCUT2D eigenvalue weighted by atomic mass is 10.2. The lowest BCUT2D eigenvalue weighted by Crippen LogP contribution is -1.96. The summed E-state index contributed by atoms with van der Waals surface area (Å²) >= 11 is 0. The van der Waals surface area contributed by atoms with Crippen molar-refractivity contribution in [1.82, 2.24) is 5.16 Å². The zero-order valence-corrected chi connectivity index (χ0v) is 10.8. The van der Waals surface area contributed by atoms with Crippen molar-refractivity contribution >= 4 is 5.69 Å². The van der Waals surface area contributed by atoms with E-state index >= 15 is 0 Å². The van der Waals surface area contributed by atoms with Crippen molar-refractivity contribution in [3.63, 3.8) is 0 Å². The van der Waals surface area contributed by atoms with Gasteiger partial charge in [0.25, 0.3) is 0 Å². The molecule has 0 atom stereocenters. The molecule has 0 amide bonds. The lowest BCUT2D eigenvalue weighted by Gasteiger charge is -2.03. The molecule has 0 aliphatic carbocycles. The minimum absolute atomic E-state index is 0.347. The summed E-state index contributed by atoms with van der Waals surface area (Å²) in [4.78, 5) is 0. The van der Waals surface area contributed by atoms with E-state index in [1.165, 1.54) is 0 Å². The molecule has 100 valence electrons. The van der Waals surface area contributed by atoms with Gasteiger partial charge in [0.05, 0.1) is 0 Å². The van der Waals surface area contributed by atoms with Crippen LogP contribution in [-0.4, -0.2) is 5.16 Å². The monoisotopic (exact) mass is 266 g/mol. The average molecular weight is 266 g/mol. The molecule has 0 aliphatic heterocycles. The third kappa shape index (κ3) is 2.80. The first kappa shape index (κ1) is 12.3. The molecule has 0 radical (unpaired) electrons. The largest absolute Gasteiger partial charge is 0.487 e. The normalized spacial score (nSPS) is 10.4. The highest BCUT2D eigenvalue weighted by atomic mass is 16.5. The van der Waals surface area contributed by atoms with Crippen molar-refractivity contribution in [2.75, 3.05) is 5.73 Å². The molecule has 3 rings (SSSR count).